The van der Waals surface area contributed by atoms with E-state index in [1.165, 1.54) is 12.4 Å². The van der Waals surface area contributed by atoms with Gasteiger partial charge < -0.3 is 14.6 Å². The van der Waals surface area contributed by atoms with Gasteiger partial charge in [-0.25, -0.2) is 5.43 Å². The minimum atomic E-state index is -0.00666. The number of hydrogen-bond donors (Lipinski definition) is 2. The van der Waals surface area contributed by atoms with Gasteiger partial charge in [0.15, 0.2) is 10.4 Å². The van der Waals surface area contributed by atoms with Crippen LogP contribution < -0.4 is 11.2 Å². The van der Waals surface area contributed by atoms with Gasteiger partial charge in [-0.3, -0.25) is 0 Å². The number of nitrogens with zero attached hydrogens (tertiary/aromatic N) is 3. The molecule has 0 aromatic carbocycles. The van der Waals surface area contributed by atoms with Gasteiger partial charge in [-0.1, -0.05) is 0 Å². The van der Waals surface area contributed by atoms with Crippen LogP contribution in [-0.4, -0.2) is 18.4 Å². The van der Waals surface area contributed by atoms with Crippen molar-refractivity contribution in [2.75, 3.05) is 0 Å². The number of hydrogen-bond acceptors (Lipinski definition) is 5. The second-order valence-corrected chi connectivity index (χ2v) is 4.13. The molecule has 21 heavy (non-hydrogen) atoms. The zero-order valence-corrected chi connectivity index (χ0v) is 12.7. The Morgan fingerprint density at radius 2 is 1.62 bits per heavy atom. The maximum atomic E-state index is 5.60. The van der Waals surface area contributed by atoms with Gasteiger partial charge in [0.1, 0.15) is 11.5 Å². The molecule has 2 heterocycles. The molecular formula is C11H10Cl3N5O2. The van der Waals surface area contributed by atoms with Crippen LogP contribution in [0, 0.1) is 0 Å². The summed E-state index contributed by atoms with van der Waals surface area (Å²) in [6.45, 7) is 0. The Kier molecular flexibility index (Phi) is 6.80. The van der Waals surface area contributed by atoms with Crippen molar-refractivity contribution in [3.05, 3.63) is 46.2 Å². The number of halogens is 3. The molecule has 0 aliphatic carbocycles. The lowest BCUT2D eigenvalue weighted by Crippen LogP contribution is -2.26. The van der Waals surface area contributed by atoms with Crippen molar-refractivity contribution in [1.29, 1.82) is 0 Å². The van der Waals surface area contributed by atoms with Crippen molar-refractivity contribution in [1.82, 2.24) is 5.43 Å². The molecule has 7 nitrogen and oxygen atoms in total. The van der Waals surface area contributed by atoms with Crippen LogP contribution in [-0.2, 0) is 0 Å². The molecule has 0 aliphatic heterocycles. The molecule has 0 aliphatic rings. The molecule has 0 radical (unpaired) electrons. The van der Waals surface area contributed by atoms with Crippen LogP contribution >= 0.6 is 35.6 Å². The Morgan fingerprint density at radius 1 is 1.05 bits per heavy atom. The number of rotatable bonds is 4. The van der Waals surface area contributed by atoms with E-state index in [9.17, 15) is 0 Å². The molecule has 0 saturated heterocycles. The minimum Gasteiger partial charge on any atom is -0.444 e. The second-order valence-electron chi connectivity index (χ2n) is 3.38. The molecule has 2 rings (SSSR count). The summed E-state index contributed by atoms with van der Waals surface area (Å²) in [6, 6.07) is 6.48. The lowest BCUT2D eigenvalue weighted by molar-refractivity contribution is 0.562. The Labute approximate surface area is 135 Å². The highest BCUT2D eigenvalue weighted by atomic mass is 35.5. The molecule has 3 N–H and O–H groups in total. The van der Waals surface area contributed by atoms with E-state index in [1.807, 2.05) is 0 Å². The lowest BCUT2D eigenvalue weighted by Gasteiger charge is -1.94. The monoisotopic (exact) mass is 349 g/mol. The number of guanidine groups is 1. The van der Waals surface area contributed by atoms with Gasteiger partial charge in [0.25, 0.3) is 0 Å². The van der Waals surface area contributed by atoms with E-state index >= 15 is 0 Å². The third-order valence-electron chi connectivity index (χ3n) is 1.91. The van der Waals surface area contributed by atoms with E-state index in [-0.39, 0.29) is 28.8 Å². The molecular weight excluding hydrogens is 341 g/mol. The third-order valence-corrected chi connectivity index (χ3v) is 2.32. The predicted octanol–water partition coefficient (Wildman–Crippen LogP) is 2.87. The van der Waals surface area contributed by atoms with Crippen LogP contribution in [0.1, 0.15) is 11.5 Å². The summed E-state index contributed by atoms with van der Waals surface area (Å²) in [4.78, 5) is 0. The summed E-state index contributed by atoms with van der Waals surface area (Å²) in [5.74, 6) is 0.928. The van der Waals surface area contributed by atoms with Crippen molar-refractivity contribution < 1.29 is 8.83 Å². The summed E-state index contributed by atoms with van der Waals surface area (Å²) < 4.78 is 10.1. The number of nitrogens with two attached hydrogens (primary N) is 1. The molecule has 0 fully saturated rings. The number of furan rings is 2. The molecule has 0 bridgehead atoms. The molecule has 10 heteroatoms. The van der Waals surface area contributed by atoms with Gasteiger partial charge in [0.05, 0.1) is 12.4 Å². The van der Waals surface area contributed by atoms with E-state index in [1.54, 1.807) is 24.3 Å². The first-order valence-corrected chi connectivity index (χ1v) is 6.05. The average molecular weight is 351 g/mol. The second kappa shape index (κ2) is 8.35. The molecule has 0 saturated carbocycles. The normalized spacial score (nSPS) is 12.0. The molecule has 112 valence electrons. The Balaban J connectivity index is 0.00000220. The van der Waals surface area contributed by atoms with E-state index in [4.69, 9.17) is 37.8 Å². The molecule has 0 atom stereocenters. The molecule has 0 unspecified atom stereocenters. The fourth-order valence-corrected chi connectivity index (χ4v) is 1.43. The van der Waals surface area contributed by atoms with Crippen molar-refractivity contribution in [2.45, 2.75) is 0 Å². The summed E-state index contributed by atoms with van der Waals surface area (Å²) in [6.07, 6.45) is 2.75. The maximum Gasteiger partial charge on any atom is 0.234 e. The van der Waals surface area contributed by atoms with Crippen LogP contribution in [0.2, 0.25) is 10.4 Å². The summed E-state index contributed by atoms with van der Waals surface area (Å²) in [5.41, 5.74) is 7.97. The largest absolute Gasteiger partial charge is 0.444 e. The van der Waals surface area contributed by atoms with Crippen LogP contribution in [0.4, 0.5) is 0 Å². The number of hydrazone groups is 1. The molecule has 0 amide bonds. The zero-order valence-electron chi connectivity index (χ0n) is 10.4. The fourth-order valence-electron chi connectivity index (χ4n) is 1.13. The van der Waals surface area contributed by atoms with Crippen LogP contribution in [0.15, 0.2) is 48.4 Å². The first-order valence-electron chi connectivity index (χ1n) is 5.30. The topological polar surface area (TPSA) is 101 Å². The molecule has 2 aromatic heterocycles. The van der Waals surface area contributed by atoms with Gasteiger partial charge >= 0.3 is 0 Å². The van der Waals surface area contributed by atoms with Gasteiger partial charge in [-0.05, 0) is 47.5 Å². The number of nitrogens with one attached hydrogen (secondary N) is 1. The van der Waals surface area contributed by atoms with Crippen molar-refractivity contribution in [3.63, 3.8) is 0 Å². The minimum absolute atomic E-state index is 0. The third kappa shape index (κ3) is 5.90. The zero-order chi connectivity index (χ0) is 14.4. The van der Waals surface area contributed by atoms with E-state index in [0.29, 0.717) is 11.5 Å². The highest BCUT2D eigenvalue weighted by Crippen LogP contribution is 2.11. The van der Waals surface area contributed by atoms with E-state index < -0.39 is 0 Å². The predicted molar refractivity (Wildman–Crippen MR) is 84.6 cm³/mol. The smallest absolute Gasteiger partial charge is 0.234 e. The van der Waals surface area contributed by atoms with Gasteiger partial charge in [0.2, 0.25) is 5.96 Å². The Hall–Kier alpha value is -1.96. The summed E-state index contributed by atoms with van der Waals surface area (Å²) in [7, 11) is 0. The summed E-state index contributed by atoms with van der Waals surface area (Å²) >= 11 is 11.2. The van der Waals surface area contributed by atoms with Gasteiger partial charge in [-0.2, -0.15) is 10.2 Å². The van der Waals surface area contributed by atoms with E-state index in [2.05, 4.69) is 20.7 Å². The van der Waals surface area contributed by atoms with Crippen molar-refractivity contribution in [3.8, 4) is 0 Å². The highest BCUT2D eigenvalue weighted by molar-refractivity contribution is 6.29. The molecule has 0 spiro atoms. The first-order chi connectivity index (χ1) is 9.63. The van der Waals surface area contributed by atoms with Crippen LogP contribution in [0.3, 0.4) is 0 Å². The Bertz CT molecular complexity index is 662. The van der Waals surface area contributed by atoms with Gasteiger partial charge in [-0.15, -0.1) is 17.5 Å². The lowest BCUT2D eigenvalue weighted by atomic mass is 10.5. The van der Waals surface area contributed by atoms with Crippen molar-refractivity contribution >= 4 is 54.0 Å². The standard InChI is InChI=1S/C11H9Cl2N5O2.ClH/c12-9-3-1-7(19-9)5-15-17-11(14)18-16-6-8-2-4-10(13)20-8;/h1-6H,(H3,14,17,18);1H. The van der Waals surface area contributed by atoms with Crippen LogP contribution in [0.25, 0.3) is 0 Å². The fraction of sp³-hybridized carbons (Fsp3) is 0. The van der Waals surface area contributed by atoms with Crippen LogP contribution in [0.5, 0.6) is 0 Å². The first kappa shape index (κ1) is 17.1. The molecule has 2 aromatic rings. The maximum absolute atomic E-state index is 5.60. The quantitative estimate of drug-likeness (QED) is 0.503. The average Bonchev–Trinajstić information content (AvgIpc) is 2.99. The van der Waals surface area contributed by atoms with E-state index in [0.717, 1.165) is 0 Å². The van der Waals surface area contributed by atoms with Gasteiger partial charge in [0, 0.05) is 0 Å². The highest BCUT2D eigenvalue weighted by Gasteiger charge is 1.96. The van der Waals surface area contributed by atoms with Crippen molar-refractivity contribution in [2.24, 2.45) is 21.0 Å². The SMILES string of the molecule is Cl.NC(=NN=Cc1ccc(Cl)o1)NN=Cc1ccc(Cl)o1. The Morgan fingerprint density at radius 3 is 2.14 bits per heavy atom. The summed E-state index contributed by atoms with van der Waals surface area (Å²) in [5, 5.41) is 11.7.